The number of aromatic nitrogens is 2. The van der Waals surface area contributed by atoms with Gasteiger partial charge in [0.15, 0.2) is 0 Å². The molecule has 3 heterocycles. The Bertz CT molecular complexity index is 1420. The zero-order valence-electron chi connectivity index (χ0n) is 23.4. The maximum absolute atomic E-state index is 14.2. The highest BCUT2D eigenvalue weighted by Gasteiger charge is 2.28. The minimum atomic E-state index is -3.12. The first-order valence-corrected chi connectivity index (χ1v) is 16.8. The molecule has 0 bridgehead atoms. The molecule has 1 N–H and O–H groups in total. The fraction of sp³-hybridized carbons (Fsp3) is 0.581. The van der Waals surface area contributed by atoms with E-state index >= 15 is 0 Å². The largest absolute Gasteiger partial charge is 0.491 e. The number of ether oxygens (including phenoxy) is 1. The van der Waals surface area contributed by atoms with Crippen LogP contribution >= 0.6 is 0 Å². The molecule has 3 fully saturated rings. The van der Waals surface area contributed by atoms with Crippen molar-refractivity contribution in [2.75, 3.05) is 32.5 Å². The van der Waals surface area contributed by atoms with Gasteiger partial charge >= 0.3 is 0 Å². The Balaban J connectivity index is 1.09. The lowest BCUT2D eigenvalue weighted by Gasteiger charge is -2.34. The van der Waals surface area contributed by atoms with Crippen LogP contribution < -0.4 is 9.46 Å². The molecule has 3 aliphatic rings. The molecule has 0 radical (unpaired) electrons. The number of nitrogens with one attached hydrogen (secondary N) is 1. The maximum atomic E-state index is 14.2. The van der Waals surface area contributed by atoms with Crippen molar-refractivity contribution in [3.8, 4) is 11.4 Å². The van der Waals surface area contributed by atoms with Crippen LogP contribution in [-0.4, -0.2) is 61.4 Å². The normalized spacial score (nSPS) is 23.1. The monoisotopic (exact) mass is 568 g/mol. The molecule has 1 saturated heterocycles. The first-order chi connectivity index (χ1) is 19.3. The van der Waals surface area contributed by atoms with Crippen molar-refractivity contribution >= 4 is 20.9 Å². The van der Waals surface area contributed by atoms with E-state index in [0.29, 0.717) is 30.1 Å². The highest BCUT2D eigenvalue weighted by molar-refractivity contribution is 7.88. The molecule has 0 spiro atoms. The number of likely N-dealkylation sites (tertiary alicyclic amines) is 1. The van der Waals surface area contributed by atoms with Crippen molar-refractivity contribution in [3.63, 3.8) is 0 Å². The molecule has 40 heavy (non-hydrogen) atoms. The first kappa shape index (κ1) is 27.7. The number of nitrogens with zero attached hydrogens (tertiary/aromatic N) is 3. The van der Waals surface area contributed by atoms with Crippen LogP contribution in [0.3, 0.4) is 0 Å². The van der Waals surface area contributed by atoms with Gasteiger partial charge in [0, 0.05) is 29.9 Å². The number of rotatable bonds is 10. The number of halogens is 1. The summed E-state index contributed by atoms with van der Waals surface area (Å²) in [4.78, 5) is 7.01. The maximum Gasteiger partial charge on any atom is 0.208 e. The Morgan fingerprint density at radius 1 is 1.02 bits per heavy atom. The van der Waals surface area contributed by atoms with Crippen LogP contribution in [0.2, 0.25) is 0 Å². The van der Waals surface area contributed by atoms with Crippen LogP contribution in [0.15, 0.2) is 42.9 Å². The summed E-state index contributed by atoms with van der Waals surface area (Å²) in [5.74, 6) is 2.06. The van der Waals surface area contributed by atoms with Gasteiger partial charge in [0.25, 0.3) is 0 Å². The van der Waals surface area contributed by atoms with Gasteiger partial charge in [0.05, 0.1) is 30.3 Å². The Morgan fingerprint density at radius 3 is 2.50 bits per heavy atom. The summed E-state index contributed by atoms with van der Waals surface area (Å²) in [5.41, 5.74) is 3.24. The molecule has 0 amide bonds. The van der Waals surface area contributed by atoms with Gasteiger partial charge in [-0.15, -0.1) is 0 Å². The van der Waals surface area contributed by atoms with E-state index in [1.807, 2.05) is 18.5 Å². The van der Waals surface area contributed by atoms with Gasteiger partial charge in [-0.05, 0) is 119 Å². The van der Waals surface area contributed by atoms with E-state index in [1.165, 1.54) is 48.6 Å². The molecule has 7 nitrogen and oxygen atoms in total. The molecule has 0 unspecified atom stereocenters. The van der Waals surface area contributed by atoms with Crippen molar-refractivity contribution in [1.82, 2.24) is 19.2 Å². The summed E-state index contributed by atoms with van der Waals surface area (Å²) in [5, 5.41) is 1.21. The Morgan fingerprint density at radius 2 is 1.77 bits per heavy atom. The molecule has 3 aromatic rings. The van der Waals surface area contributed by atoms with Crippen LogP contribution in [0.1, 0.15) is 69.3 Å². The number of sulfonamides is 1. The summed E-state index contributed by atoms with van der Waals surface area (Å²) in [6.07, 6.45) is 17.1. The minimum Gasteiger partial charge on any atom is -0.491 e. The number of pyridine rings is 1. The van der Waals surface area contributed by atoms with Gasteiger partial charge in [-0.25, -0.2) is 17.5 Å². The molecule has 9 heteroatoms. The lowest BCUT2D eigenvalue weighted by Crippen LogP contribution is -2.38. The lowest BCUT2D eigenvalue weighted by molar-refractivity contribution is 0.185. The number of piperidine rings is 1. The highest BCUT2D eigenvalue weighted by Crippen LogP contribution is 2.38. The predicted octanol–water partition coefficient (Wildman–Crippen LogP) is 5.63. The van der Waals surface area contributed by atoms with Crippen LogP contribution in [0, 0.1) is 17.7 Å². The van der Waals surface area contributed by atoms with E-state index < -0.39 is 10.0 Å². The molecule has 2 aromatic heterocycles. The van der Waals surface area contributed by atoms with E-state index in [1.54, 1.807) is 0 Å². The summed E-state index contributed by atoms with van der Waals surface area (Å²) in [7, 11) is -3.12. The third-order valence-corrected chi connectivity index (χ3v) is 9.86. The Kier molecular flexibility index (Phi) is 8.15. The predicted molar refractivity (Wildman–Crippen MR) is 156 cm³/mol. The Hall–Kier alpha value is -2.49. The van der Waals surface area contributed by atoms with E-state index in [0.717, 1.165) is 69.4 Å². The number of fused-ring (bicyclic) bond motifs is 1. The average Bonchev–Trinajstić information content (AvgIpc) is 3.70. The molecule has 6 rings (SSSR count). The number of hydrogen-bond donors (Lipinski definition) is 1. The van der Waals surface area contributed by atoms with Gasteiger partial charge < -0.3 is 14.2 Å². The molecular weight excluding hydrogens is 527 g/mol. The van der Waals surface area contributed by atoms with Crippen LogP contribution in [0.5, 0.6) is 5.75 Å². The van der Waals surface area contributed by atoms with Gasteiger partial charge in [0.1, 0.15) is 11.6 Å². The van der Waals surface area contributed by atoms with Gasteiger partial charge in [-0.1, -0.05) is 0 Å². The molecule has 0 atom stereocenters. The molecule has 216 valence electrons. The molecular formula is C31H41FN4O3S. The van der Waals surface area contributed by atoms with E-state index in [-0.39, 0.29) is 11.9 Å². The van der Waals surface area contributed by atoms with Crippen molar-refractivity contribution in [1.29, 1.82) is 0 Å². The molecule has 2 aliphatic carbocycles. The second-order valence-corrected chi connectivity index (χ2v) is 14.0. The zero-order chi connectivity index (χ0) is 27.7. The van der Waals surface area contributed by atoms with Crippen LogP contribution in [0.25, 0.3) is 16.6 Å². The van der Waals surface area contributed by atoms with Gasteiger partial charge in [0.2, 0.25) is 10.0 Å². The molecule has 2 saturated carbocycles. The second kappa shape index (κ2) is 11.8. The minimum absolute atomic E-state index is 0.107. The quantitative estimate of drug-likeness (QED) is 0.343. The lowest BCUT2D eigenvalue weighted by atomic mass is 9.84. The van der Waals surface area contributed by atoms with Crippen molar-refractivity contribution < 1.29 is 17.5 Å². The van der Waals surface area contributed by atoms with Crippen molar-refractivity contribution in [2.24, 2.45) is 11.8 Å². The fourth-order valence-corrected chi connectivity index (χ4v) is 7.47. The van der Waals surface area contributed by atoms with E-state index in [2.05, 4.69) is 31.4 Å². The number of benzene rings is 1. The zero-order valence-corrected chi connectivity index (χ0v) is 24.2. The van der Waals surface area contributed by atoms with Crippen LogP contribution in [0.4, 0.5) is 4.39 Å². The van der Waals surface area contributed by atoms with E-state index in [4.69, 9.17) is 4.74 Å². The van der Waals surface area contributed by atoms with Gasteiger partial charge in [-0.3, -0.25) is 4.98 Å². The summed E-state index contributed by atoms with van der Waals surface area (Å²) in [6, 6.07) is 7.05. The summed E-state index contributed by atoms with van der Waals surface area (Å²) >= 11 is 0. The smallest absolute Gasteiger partial charge is 0.208 e. The number of hydrogen-bond acceptors (Lipinski definition) is 5. The third kappa shape index (κ3) is 6.69. The van der Waals surface area contributed by atoms with Crippen molar-refractivity contribution in [2.45, 2.75) is 69.7 Å². The summed E-state index contributed by atoms with van der Waals surface area (Å²) < 4.78 is 48.2. The Labute approximate surface area is 237 Å². The SMILES string of the molecule is CS(=O)(=O)NC1CCC(CCN2CCC(c3cn(-c4ccc(F)cc4OCC4CC4)c4cnccc34)CC2)CC1. The average molecular weight is 569 g/mol. The standard InChI is InChI=1S/C31H41FN4O3S/c1-40(37,38)34-26-7-4-22(5-8-26)11-15-35-16-12-24(13-17-35)28-20-36(30-19-33-14-10-27(28)30)29-9-6-25(32)18-31(29)39-21-23-2-3-23/h6,9-10,14,18-20,22-24,26,34H,2-5,7-8,11-13,15-17,21H2,1H3. The highest BCUT2D eigenvalue weighted by atomic mass is 32.2. The molecule has 1 aromatic carbocycles. The first-order valence-electron chi connectivity index (χ1n) is 14.9. The van der Waals surface area contributed by atoms with Crippen LogP contribution in [-0.2, 0) is 10.0 Å². The van der Waals surface area contributed by atoms with Gasteiger partial charge in [-0.2, -0.15) is 0 Å². The second-order valence-electron chi connectivity index (χ2n) is 12.2. The summed E-state index contributed by atoms with van der Waals surface area (Å²) in [6.45, 7) is 3.92. The van der Waals surface area contributed by atoms with Crippen molar-refractivity contribution in [3.05, 3.63) is 54.2 Å². The van der Waals surface area contributed by atoms with E-state index in [9.17, 15) is 12.8 Å². The third-order valence-electron chi connectivity index (χ3n) is 9.10. The topological polar surface area (TPSA) is 76.5 Å². The fourth-order valence-electron chi connectivity index (χ4n) is 6.62. The molecule has 1 aliphatic heterocycles.